The average molecular weight is 467 g/mol. The number of amides is 3. The number of anilines is 1. The van der Waals surface area contributed by atoms with Crippen LogP contribution in [0.3, 0.4) is 0 Å². The molecule has 2 saturated heterocycles. The topological polar surface area (TPSA) is 73.0 Å². The molecule has 1 unspecified atom stereocenters. The second kappa shape index (κ2) is 9.83. The number of benzene rings is 2. The Morgan fingerprint density at radius 2 is 1.79 bits per heavy atom. The maximum atomic E-state index is 13.7. The summed E-state index contributed by atoms with van der Waals surface area (Å²) < 4.78 is 13.6. The quantitative estimate of drug-likeness (QED) is 0.711. The van der Waals surface area contributed by atoms with Gasteiger partial charge in [-0.05, 0) is 56.5 Å². The second-order valence-electron chi connectivity index (χ2n) is 9.12. The predicted molar refractivity (Wildman–Crippen MR) is 128 cm³/mol. The lowest BCUT2D eigenvalue weighted by Gasteiger charge is -2.43. The summed E-state index contributed by atoms with van der Waals surface area (Å²) in [6.07, 6.45) is 1.69. The molecule has 2 aromatic rings. The lowest BCUT2D eigenvalue weighted by atomic mass is 9.85. The molecule has 0 saturated carbocycles. The van der Waals surface area contributed by atoms with Crippen LogP contribution in [0.15, 0.2) is 54.6 Å². The standard InChI is InChI=1S/C26H31FN4O3/c1-3-19(2)28-23(32)17-30-18-31(22-10-5-4-6-11-22)26(25(30)34)12-14-29(15-13-26)24(33)20-8-7-9-21(27)16-20/h4-11,16,19H,3,12-15,17-18H2,1-2H3,(H,28,32). The first-order chi connectivity index (χ1) is 16.3. The fourth-order valence-electron chi connectivity index (χ4n) is 4.80. The van der Waals surface area contributed by atoms with Gasteiger partial charge in [-0.15, -0.1) is 0 Å². The molecule has 2 aliphatic rings. The molecule has 8 heteroatoms. The van der Waals surface area contributed by atoms with Gasteiger partial charge < -0.3 is 20.0 Å². The van der Waals surface area contributed by atoms with E-state index in [2.05, 4.69) is 10.2 Å². The second-order valence-corrected chi connectivity index (χ2v) is 9.12. The summed E-state index contributed by atoms with van der Waals surface area (Å²) in [5.41, 5.74) is 0.388. The molecule has 2 heterocycles. The summed E-state index contributed by atoms with van der Waals surface area (Å²) in [5, 5.41) is 2.93. The third-order valence-electron chi connectivity index (χ3n) is 6.89. The highest BCUT2D eigenvalue weighted by Gasteiger charge is 2.54. The minimum atomic E-state index is -0.823. The van der Waals surface area contributed by atoms with Crippen molar-refractivity contribution in [2.45, 2.75) is 44.7 Å². The lowest BCUT2D eigenvalue weighted by Crippen LogP contribution is -2.57. The van der Waals surface area contributed by atoms with Crippen LogP contribution < -0.4 is 10.2 Å². The summed E-state index contributed by atoms with van der Waals surface area (Å²) in [7, 11) is 0. The molecule has 0 aromatic heterocycles. The van der Waals surface area contributed by atoms with Gasteiger partial charge in [0, 0.05) is 30.4 Å². The van der Waals surface area contributed by atoms with E-state index in [0.29, 0.717) is 38.2 Å². The van der Waals surface area contributed by atoms with Crippen molar-refractivity contribution >= 4 is 23.4 Å². The Bertz CT molecular complexity index is 1050. The van der Waals surface area contributed by atoms with Crippen molar-refractivity contribution in [1.29, 1.82) is 0 Å². The number of halogens is 1. The van der Waals surface area contributed by atoms with Gasteiger partial charge in [-0.2, -0.15) is 0 Å². The van der Waals surface area contributed by atoms with Crippen LogP contribution in [0, 0.1) is 5.82 Å². The van der Waals surface area contributed by atoms with Gasteiger partial charge in [-0.3, -0.25) is 14.4 Å². The van der Waals surface area contributed by atoms with Crippen molar-refractivity contribution in [3.63, 3.8) is 0 Å². The van der Waals surface area contributed by atoms with E-state index in [0.717, 1.165) is 12.1 Å². The van der Waals surface area contributed by atoms with Gasteiger partial charge in [-0.25, -0.2) is 4.39 Å². The monoisotopic (exact) mass is 466 g/mol. The zero-order valence-corrected chi connectivity index (χ0v) is 19.7. The normalized spacial score (nSPS) is 18.3. The molecule has 2 fully saturated rings. The van der Waals surface area contributed by atoms with Crippen LogP contribution >= 0.6 is 0 Å². The summed E-state index contributed by atoms with van der Waals surface area (Å²) in [4.78, 5) is 44.5. The first-order valence-electron chi connectivity index (χ1n) is 11.8. The van der Waals surface area contributed by atoms with Crippen molar-refractivity contribution in [2.75, 3.05) is 31.2 Å². The Balaban J connectivity index is 1.54. The van der Waals surface area contributed by atoms with Crippen LogP contribution in [0.4, 0.5) is 10.1 Å². The Morgan fingerprint density at radius 1 is 1.09 bits per heavy atom. The number of hydrogen-bond donors (Lipinski definition) is 1. The maximum Gasteiger partial charge on any atom is 0.253 e. The highest BCUT2D eigenvalue weighted by molar-refractivity contribution is 5.97. The molecular formula is C26H31FN4O3. The number of rotatable bonds is 6. The van der Waals surface area contributed by atoms with Crippen LogP contribution in [0.5, 0.6) is 0 Å². The fraction of sp³-hybridized carbons (Fsp3) is 0.423. The molecule has 2 aliphatic heterocycles. The molecule has 7 nitrogen and oxygen atoms in total. The van der Waals surface area contributed by atoms with Gasteiger partial charge in [0.2, 0.25) is 5.91 Å². The number of piperidine rings is 1. The van der Waals surface area contributed by atoms with E-state index in [1.807, 2.05) is 44.2 Å². The summed E-state index contributed by atoms with van der Waals surface area (Å²) >= 11 is 0. The minimum Gasteiger partial charge on any atom is -0.352 e. The first-order valence-corrected chi connectivity index (χ1v) is 11.8. The van der Waals surface area contributed by atoms with E-state index in [9.17, 15) is 18.8 Å². The highest BCUT2D eigenvalue weighted by Crippen LogP contribution is 2.39. The Kier molecular flexibility index (Phi) is 6.86. The maximum absolute atomic E-state index is 13.7. The van der Waals surface area contributed by atoms with Crippen LogP contribution in [0.2, 0.25) is 0 Å². The SMILES string of the molecule is CCC(C)NC(=O)CN1CN(c2ccccc2)C2(CCN(C(=O)c3cccc(F)c3)CC2)C1=O. The van der Waals surface area contributed by atoms with Crippen molar-refractivity contribution in [3.05, 3.63) is 66.0 Å². The molecule has 2 aromatic carbocycles. The number of likely N-dealkylation sites (tertiary alicyclic amines) is 1. The largest absolute Gasteiger partial charge is 0.352 e. The molecule has 1 N–H and O–H groups in total. The first kappa shape index (κ1) is 23.7. The van der Waals surface area contributed by atoms with Crippen LogP contribution in [-0.2, 0) is 9.59 Å². The smallest absolute Gasteiger partial charge is 0.253 e. The van der Waals surface area contributed by atoms with Gasteiger partial charge in [0.05, 0.1) is 6.67 Å². The zero-order chi connectivity index (χ0) is 24.3. The summed E-state index contributed by atoms with van der Waals surface area (Å²) in [5.74, 6) is -0.956. The van der Waals surface area contributed by atoms with Crippen molar-refractivity contribution < 1.29 is 18.8 Å². The molecule has 1 spiro atoms. The van der Waals surface area contributed by atoms with Gasteiger partial charge in [0.25, 0.3) is 11.8 Å². The van der Waals surface area contributed by atoms with Gasteiger partial charge in [0.15, 0.2) is 0 Å². The van der Waals surface area contributed by atoms with Gasteiger partial charge in [-0.1, -0.05) is 31.2 Å². The zero-order valence-electron chi connectivity index (χ0n) is 19.7. The lowest BCUT2D eigenvalue weighted by molar-refractivity contribution is -0.137. The molecule has 0 radical (unpaired) electrons. The number of para-hydroxylation sites is 1. The van der Waals surface area contributed by atoms with Gasteiger partial charge in [0.1, 0.15) is 17.9 Å². The van der Waals surface area contributed by atoms with E-state index >= 15 is 0 Å². The Morgan fingerprint density at radius 3 is 2.44 bits per heavy atom. The molecule has 0 aliphatic carbocycles. The molecule has 180 valence electrons. The number of carbonyl (C=O) groups excluding carboxylic acids is 3. The van der Waals surface area contributed by atoms with Crippen LogP contribution in [0.25, 0.3) is 0 Å². The van der Waals surface area contributed by atoms with Crippen LogP contribution in [-0.4, -0.2) is 65.4 Å². The molecule has 34 heavy (non-hydrogen) atoms. The minimum absolute atomic E-state index is 0.000192. The van der Waals surface area contributed by atoms with Gasteiger partial charge >= 0.3 is 0 Å². The Hall–Kier alpha value is -3.42. The molecule has 3 amide bonds. The molecule has 4 rings (SSSR count). The molecule has 1 atom stereocenters. The third kappa shape index (κ3) is 4.62. The van der Waals surface area contributed by atoms with E-state index in [1.54, 1.807) is 15.9 Å². The average Bonchev–Trinajstić information content (AvgIpc) is 3.10. The van der Waals surface area contributed by atoms with E-state index in [4.69, 9.17) is 0 Å². The third-order valence-corrected chi connectivity index (χ3v) is 6.89. The van der Waals surface area contributed by atoms with Crippen molar-refractivity contribution in [3.8, 4) is 0 Å². The van der Waals surface area contributed by atoms with E-state index < -0.39 is 11.4 Å². The predicted octanol–water partition coefficient (Wildman–Crippen LogP) is 3.02. The number of carbonyl (C=O) groups is 3. The highest BCUT2D eigenvalue weighted by atomic mass is 19.1. The van der Waals surface area contributed by atoms with Crippen molar-refractivity contribution in [1.82, 2.24) is 15.1 Å². The van der Waals surface area contributed by atoms with E-state index in [1.165, 1.54) is 18.2 Å². The molecular weight excluding hydrogens is 435 g/mol. The number of hydrogen-bond acceptors (Lipinski definition) is 4. The van der Waals surface area contributed by atoms with Crippen molar-refractivity contribution in [2.24, 2.45) is 0 Å². The number of nitrogens with zero attached hydrogens (tertiary/aromatic N) is 3. The van der Waals surface area contributed by atoms with E-state index in [-0.39, 0.29) is 30.3 Å². The summed E-state index contributed by atoms with van der Waals surface area (Å²) in [6.45, 7) is 4.99. The number of nitrogens with one attached hydrogen (secondary N) is 1. The fourth-order valence-corrected chi connectivity index (χ4v) is 4.80. The Labute approximate surface area is 199 Å². The molecule has 0 bridgehead atoms. The summed E-state index contributed by atoms with van der Waals surface area (Å²) in [6, 6.07) is 15.4. The van der Waals surface area contributed by atoms with Crippen LogP contribution in [0.1, 0.15) is 43.5 Å².